The monoisotopic (exact) mass is 258 g/mol. The van der Waals surface area contributed by atoms with Crippen molar-refractivity contribution in [3.05, 3.63) is 53.9 Å². The van der Waals surface area contributed by atoms with Crippen molar-refractivity contribution in [2.24, 2.45) is 0 Å². The standard InChI is InChI=1S/C17H26N2/c1-6-19(7-2)17(14-13-15(3)4)18(5)16-11-9-8-10-12-16/h8-14H,6-7H2,1-5H3/b17-14+. The zero-order chi connectivity index (χ0) is 14.3. The van der Waals surface area contributed by atoms with Gasteiger partial charge in [0.25, 0.3) is 0 Å². The highest BCUT2D eigenvalue weighted by Crippen LogP contribution is 2.19. The Labute approximate surface area is 118 Å². The van der Waals surface area contributed by atoms with E-state index in [0.29, 0.717) is 0 Å². The van der Waals surface area contributed by atoms with Gasteiger partial charge in [-0.2, -0.15) is 0 Å². The maximum Gasteiger partial charge on any atom is 0.108 e. The fourth-order valence-electron chi connectivity index (χ4n) is 2.00. The summed E-state index contributed by atoms with van der Waals surface area (Å²) in [6.07, 6.45) is 4.38. The van der Waals surface area contributed by atoms with E-state index in [9.17, 15) is 0 Å². The normalized spacial score (nSPS) is 11.1. The lowest BCUT2D eigenvalue weighted by molar-refractivity contribution is 0.373. The first-order valence-electron chi connectivity index (χ1n) is 6.99. The molecule has 0 amide bonds. The fourth-order valence-corrected chi connectivity index (χ4v) is 2.00. The van der Waals surface area contributed by atoms with Gasteiger partial charge < -0.3 is 9.80 Å². The number of allylic oxidation sites excluding steroid dienone is 3. The van der Waals surface area contributed by atoms with Crippen LogP contribution in [0.2, 0.25) is 0 Å². The third-order valence-corrected chi connectivity index (χ3v) is 3.14. The summed E-state index contributed by atoms with van der Waals surface area (Å²) in [6, 6.07) is 10.5. The molecule has 2 nitrogen and oxygen atoms in total. The van der Waals surface area contributed by atoms with Crippen LogP contribution in [0.5, 0.6) is 0 Å². The molecule has 104 valence electrons. The lowest BCUT2D eigenvalue weighted by Gasteiger charge is -2.32. The van der Waals surface area contributed by atoms with E-state index in [1.807, 2.05) is 6.07 Å². The number of nitrogens with zero attached hydrogens (tertiary/aromatic N) is 2. The first-order chi connectivity index (χ1) is 9.10. The lowest BCUT2D eigenvalue weighted by atomic mass is 10.2. The molecule has 0 radical (unpaired) electrons. The second-order valence-corrected chi connectivity index (χ2v) is 4.84. The van der Waals surface area contributed by atoms with Crippen LogP contribution >= 0.6 is 0 Å². The predicted octanol–water partition coefficient (Wildman–Crippen LogP) is 4.27. The van der Waals surface area contributed by atoms with E-state index in [2.05, 4.69) is 81.0 Å². The molecule has 1 rings (SSSR count). The van der Waals surface area contributed by atoms with Crippen LogP contribution in [0.4, 0.5) is 5.69 Å². The molecule has 0 bridgehead atoms. The Morgan fingerprint density at radius 3 is 2.05 bits per heavy atom. The molecule has 19 heavy (non-hydrogen) atoms. The van der Waals surface area contributed by atoms with E-state index in [0.717, 1.165) is 13.1 Å². The molecule has 0 unspecified atom stereocenters. The third-order valence-electron chi connectivity index (χ3n) is 3.14. The minimum Gasteiger partial charge on any atom is -0.359 e. The number of anilines is 1. The zero-order valence-corrected chi connectivity index (χ0v) is 12.9. The number of hydrogen-bond donors (Lipinski definition) is 0. The Hall–Kier alpha value is -1.70. The zero-order valence-electron chi connectivity index (χ0n) is 12.9. The molecule has 0 heterocycles. The van der Waals surface area contributed by atoms with Crippen LogP contribution in [-0.2, 0) is 0 Å². The van der Waals surface area contributed by atoms with E-state index >= 15 is 0 Å². The Morgan fingerprint density at radius 2 is 1.58 bits per heavy atom. The van der Waals surface area contributed by atoms with E-state index in [-0.39, 0.29) is 0 Å². The average molecular weight is 258 g/mol. The summed E-state index contributed by atoms with van der Waals surface area (Å²) in [7, 11) is 2.12. The highest BCUT2D eigenvalue weighted by molar-refractivity contribution is 5.51. The van der Waals surface area contributed by atoms with Crippen molar-refractivity contribution in [3.8, 4) is 0 Å². The Balaban J connectivity index is 3.09. The molecule has 0 saturated carbocycles. The highest BCUT2D eigenvalue weighted by atomic mass is 15.3. The molecule has 0 spiro atoms. The summed E-state index contributed by atoms with van der Waals surface area (Å²) in [5.74, 6) is 1.23. The van der Waals surface area contributed by atoms with Gasteiger partial charge in [-0.15, -0.1) is 0 Å². The van der Waals surface area contributed by atoms with Crippen LogP contribution in [0.25, 0.3) is 0 Å². The van der Waals surface area contributed by atoms with Gasteiger partial charge in [0.15, 0.2) is 0 Å². The molecule has 2 heteroatoms. The summed E-state index contributed by atoms with van der Waals surface area (Å²) in [5, 5.41) is 0. The van der Waals surface area contributed by atoms with E-state index in [4.69, 9.17) is 0 Å². The van der Waals surface area contributed by atoms with Gasteiger partial charge in [0.1, 0.15) is 5.82 Å². The van der Waals surface area contributed by atoms with Crippen molar-refractivity contribution in [2.75, 3.05) is 25.0 Å². The first-order valence-corrected chi connectivity index (χ1v) is 6.99. The molecule has 0 fully saturated rings. The molecule has 1 aromatic carbocycles. The van der Waals surface area contributed by atoms with E-state index in [1.54, 1.807) is 0 Å². The summed E-state index contributed by atoms with van der Waals surface area (Å²) in [4.78, 5) is 4.61. The minimum absolute atomic E-state index is 1.01. The quantitative estimate of drug-likeness (QED) is 0.703. The fraction of sp³-hybridized carbons (Fsp3) is 0.412. The molecule has 0 aliphatic carbocycles. The van der Waals surface area contributed by atoms with Gasteiger partial charge in [-0.05, 0) is 45.9 Å². The van der Waals surface area contributed by atoms with Crippen LogP contribution < -0.4 is 4.90 Å². The molecular formula is C17H26N2. The Morgan fingerprint density at radius 1 is 1.00 bits per heavy atom. The van der Waals surface area contributed by atoms with E-state index in [1.165, 1.54) is 17.1 Å². The largest absolute Gasteiger partial charge is 0.359 e. The summed E-state index contributed by atoms with van der Waals surface area (Å²) >= 11 is 0. The molecule has 0 N–H and O–H groups in total. The van der Waals surface area contributed by atoms with Gasteiger partial charge in [-0.25, -0.2) is 0 Å². The summed E-state index contributed by atoms with van der Waals surface area (Å²) < 4.78 is 0. The average Bonchev–Trinajstić information content (AvgIpc) is 2.43. The molecule has 1 aromatic rings. The van der Waals surface area contributed by atoms with Crippen LogP contribution in [-0.4, -0.2) is 25.0 Å². The summed E-state index contributed by atoms with van der Waals surface area (Å²) in [5.41, 5.74) is 2.52. The van der Waals surface area contributed by atoms with Gasteiger partial charge in [0.05, 0.1) is 0 Å². The SMILES string of the molecule is CCN(CC)/C(=C/C=C(C)C)N(C)c1ccccc1. The van der Waals surface area contributed by atoms with Crippen molar-refractivity contribution in [1.82, 2.24) is 4.90 Å². The van der Waals surface area contributed by atoms with Gasteiger partial charge in [-0.3, -0.25) is 0 Å². The van der Waals surface area contributed by atoms with Crippen LogP contribution in [0.1, 0.15) is 27.7 Å². The molecule has 0 aliphatic rings. The van der Waals surface area contributed by atoms with Gasteiger partial charge in [0.2, 0.25) is 0 Å². The maximum atomic E-state index is 2.37. The maximum absolute atomic E-state index is 2.37. The highest BCUT2D eigenvalue weighted by Gasteiger charge is 2.11. The Kier molecular flexibility index (Phi) is 6.20. The van der Waals surface area contributed by atoms with Gasteiger partial charge >= 0.3 is 0 Å². The second-order valence-electron chi connectivity index (χ2n) is 4.84. The van der Waals surface area contributed by atoms with Crippen LogP contribution in [0.3, 0.4) is 0 Å². The molecule has 0 aliphatic heterocycles. The summed E-state index contributed by atoms with van der Waals surface area (Å²) in [6.45, 7) is 10.7. The molecule has 0 aromatic heterocycles. The Bertz CT molecular complexity index is 424. The van der Waals surface area contributed by atoms with Crippen molar-refractivity contribution in [2.45, 2.75) is 27.7 Å². The van der Waals surface area contributed by atoms with Crippen molar-refractivity contribution < 1.29 is 0 Å². The smallest absolute Gasteiger partial charge is 0.108 e. The number of benzene rings is 1. The number of rotatable bonds is 6. The third kappa shape index (κ3) is 4.47. The van der Waals surface area contributed by atoms with Gasteiger partial charge in [0, 0.05) is 25.8 Å². The minimum atomic E-state index is 1.01. The molecular weight excluding hydrogens is 232 g/mol. The molecule has 0 saturated heterocycles. The van der Waals surface area contributed by atoms with E-state index < -0.39 is 0 Å². The van der Waals surface area contributed by atoms with Crippen LogP contribution in [0, 0.1) is 0 Å². The van der Waals surface area contributed by atoms with Crippen LogP contribution in [0.15, 0.2) is 53.9 Å². The lowest BCUT2D eigenvalue weighted by Crippen LogP contribution is -2.33. The number of para-hydroxylation sites is 1. The second kappa shape index (κ2) is 7.67. The number of hydrogen-bond acceptors (Lipinski definition) is 2. The topological polar surface area (TPSA) is 6.48 Å². The van der Waals surface area contributed by atoms with Crippen molar-refractivity contribution in [1.29, 1.82) is 0 Å². The first kappa shape index (κ1) is 15.4. The van der Waals surface area contributed by atoms with Gasteiger partial charge in [-0.1, -0.05) is 29.8 Å². The van der Waals surface area contributed by atoms with Crippen molar-refractivity contribution >= 4 is 5.69 Å². The predicted molar refractivity (Wildman–Crippen MR) is 85.3 cm³/mol. The van der Waals surface area contributed by atoms with Crippen molar-refractivity contribution in [3.63, 3.8) is 0 Å². The molecule has 0 atom stereocenters.